The number of benzene rings is 1. The van der Waals surface area contributed by atoms with Crippen molar-refractivity contribution < 1.29 is 4.39 Å². The number of hydrogen-bond donors (Lipinski definition) is 1. The molecule has 0 saturated heterocycles. The summed E-state index contributed by atoms with van der Waals surface area (Å²) >= 11 is 0. The van der Waals surface area contributed by atoms with Crippen LogP contribution in [0.2, 0.25) is 0 Å². The first-order valence-electron chi connectivity index (χ1n) is 8.29. The molecular weight excluding hydrogens is 277 g/mol. The predicted molar refractivity (Wildman–Crippen MR) is 87.7 cm³/mol. The molecule has 1 aliphatic rings. The van der Waals surface area contributed by atoms with Crippen LogP contribution in [0.4, 0.5) is 4.39 Å². The first kappa shape index (κ1) is 15.2. The van der Waals surface area contributed by atoms with E-state index in [2.05, 4.69) is 39.1 Å². The third kappa shape index (κ3) is 3.22. The zero-order valence-electron chi connectivity index (χ0n) is 13.0. The zero-order valence-corrected chi connectivity index (χ0v) is 13.0. The molecule has 3 rings (SSSR count). The van der Waals surface area contributed by atoms with Crippen molar-refractivity contribution in [3.05, 3.63) is 42.4 Å². The molecule has 0 fully saturated rings. The van der Waals surface area contributed by atoms with E-state index in [1.165, 1.54) is 29.7 Å². The minimum Gasteiger partial charge on any atom is -0.323 e. The van der Waals surface area contributed by atoms with Gasteiger partial charge in [0.1, 0.15) is 0 Å². The smallest absolute Gasteiger partial charge is 0.0956 e. The highest BCUT2D eigenvalue weighted by molar-refractivity contribution is 5.68. The van der Waals surface area contributed by atoms with Gasteiger partial charge in [0.25, 0.3) is 0 Å². The molecule has 2 heterocycles. The van der Waals surface area contributed by atoms with Crippen LogP contribution < -0.4 is 5.32 Å². The summed E-state index contributed by atoms with van der Waals surface area (Å²) in [5.74, 6) is 0. The van der Waals surface area contributed by atoms with Crippen LogP contribution in [0.15, 0.2) is 36.8 Å². The van der Waals surface area contributed by atoms with Crippen LogP contribution >= 0.6 is 0 Å². The number of rotatable bonds is 9. The molecule has 0 bridgehead atoms. The Labute approximate surface area is 131 Å². The number of hydrogen-bond acceptors (Lipinski definition) is 2. The fraction of sp³-hybridized carbons (Fsp3) is 0.500. The maximum Gasteiger partial charge on any atom is 0.0956 e. The van der Waals surface area contributed by atoms with E-state index in [1.807, 2.05) is 12.5 Å². The summed E-state index contributed by atoms with van der Waals surface area (Å²) in [6, 6.07) is 9.10. The van der Waals surface area contributed by atoms with Crippen LogP contribution in [0.25, 0.3) is 11.3 Å². The van der Waals surface area contributed by atoms with Gasteiger partial charge >= 0.3 is 0 Å². The Bertz CT molecular complexity index is 594. The molecule has 1 N–H and O–H groups in total. The Morgan fingerprint density at radius 1 is 1.09 bits per heavy atom. The molecule has 1 atom stereocenters. The van der Waals surface area contributed by atoms with Gasteiger partial charge in [-0.1, -0.05) is 37.1 Å². The monoisotopic (exact) mass is 301 g/mol. The van der Waals surface area contributed by atoms with Gasteiger partial charge in [-0.3, -0.25) is 4.39 Å². The summed E-state index contributed by atoms with van der Waals surface area (Å²) < 4.78 is 14.3. The number of fused-ring (bicyclic) bond motifs is 3. The fourth-order valence-corrected chi connectivity index (χ4v) is 3.31. The van der Waals surface area contributed by atoms with Gasteiger partial charge in [-0.25, -0.2) is 4.98 Å². The molecule has 1 aromatic carbocycles. The molecule has 4 heteroatoms. The van der Waals surface area contributed by atoms with Crippen LogP contribution in [0.3, 0.4) is 0 Å². The van der Waals surface area contributed by atoms with E-state index in [4.69, 9.17) is 0 Å². The van der Waals surface area contributed by atoms with Crippen molar-refractivity contribution >= 4 is 0 Å². The Morgan fingerprint density at radius 3 is 2.86 bits per heavy atom. The van der Waals surface area contributed by atoms with Crippen molar-refractivity contribution in [1.29, 1.82) is 0 Å². The lowest BCUT2D eigenvalue weighted by atomic mass is 9.98. The average Bonchev–Trinajstić information content (AvgIpc) is 3.12. The minimum absolute atomic E-state index is 0.221. The van der Waals surface area contributed by atoms with Gasteiger partial charge in [-0.15, -0.1) is 0 Å². The molecule has 0 aliphatic carbocycles. The lowest BCUT2D eigenvalue weighted by Gasteiger charge is -2.14. The molecule has 118 valence electrons. The molecule has 0 spiro atoms. The number of imidazole rings is 1. The molecule has 0 saturated carbocycles. The number of nitrogens with one attached hydrogen (secondary N) is 1. The second-order valence-electron chi connectivity index (χ2n) is 5.93. The van der Waals surface area contributed by atoms with Crippen molar-refractivity contribution in [3.8, 4) is 11.3 Å². The number of halogens is 1. The average molecular weight is 301 g/mol. The molecule has 1 aromatic heterocycles. The molecule has 1 unspecified atom stereocenters. The number of alkyl halides is 1. The minimum atomic E-state index is -0.221. The summed E-state index contributed by atoms with van der Waals surface area (Å²) in [6.45, 7) is 1.57. The van der Waals surface area contributed by atoms with E-state index in [1.54, 1.807) is 0 Å². The number of aromatic nitrogens is 2. The quantitative estimate of drug-likeness (QED) is 0.710. The molecule has 0 radical (unpaired) electrons. The first-order chi connectivity index (χ1) is 10.9. The second-order valence-corrected chi connectivity index (χ2v) is 5.93. The second kappa shape index (κ2) is 7.54. The van der Waals surface area contributed by atoms with E-state index in [9.17, 15) is 4.39 Å². The van der Waals surface area contributed by atoms with Gasteiger partial charge in [0.15, 0.2) is 0 Å². The van der Waals surface area contributed by atoms with E-state index in [0.29, 0.717) is 12.5 Å². The third-order valence-corrected chi connectivity index (χ3v) is 4.42. The van der Waals surface area contributed by atoms with Crippen LogP contribution in [0.5, 0.6) is 0 Å². The summed E-state index contributed by atoms with van der Waals surface area (Å²) in [5.41, 5.74) is 4.01. The van der Waals surface area contributed by atoms with E-state index in [-0.39, 0.29) is 6.67 Å². The Kier molecular flexibility index (Phi) is 5.22. The van der Waals surface area contributed by atoms with Crippen molar-refractivity contribution in [2.24, 2.45) is 0 Å². The summed E-state index contributed by atoms with van der Waals surface area (Å²) in [5, 5.41) is 3.29. The summed E-state index contributed by atoms with van der Waals surface area (Å²) in [7, 11) is 0. The molecule has 2 aromatic rings. The fourth-order valence-electron chi connectivity index (χ4n) is 3.31. The normalized spacial score (nSPS) is 15.8. The lowest BCUT2D eigenvalue weighted by molar-refractivity contribution is 0.454. The first-order valence-corrected chi connectivity index (χ1v) is 8.29. The van der Waals surface area contributed by atoms with Gasteiger partial charge in [-0.05, 0) is 37.9 Å². The number of nitrogens with zero attached hydrogens (tertiary/aromatic N) is 2. The van der Waals surface area contributed by atoms with Gasteiger partial charge in [0.2, 0.25) is 0 Å². The molecule has 3 nitrogen and oxygen atoms in total. The highest BCUT2D eigenvalue weighted by atomic mass is 19.1. The van der Waals surface area contributed by atoms with E-state index < -0.39 is 0 Å². The van der Waals surface area contributed by atoms with Gasteiger partial charge in [0.05, 0.1) is 30.9 Å². The van der Waals surface area contributed by atoms with Gasteiger partial charge < -0.3 is 9.88 Å². The largest absolute Gasteiger partial charge is 0.323 e. The van der Waals surface area contributed by atoms with Crippen molar-refractivity contribution in [2.75, 3.05) is 19.8 Å². The van der Waals surface area contributed by atoms with Crippen LogP contribution in [-0.2, 0) is 0 Å². The Hall–Kier alpha value is -1.68. The predicted octanol–water partition coefficient (Wildman–Crippen LogP) is 3.96. The highest BCUT2D eigenvalue weighted by Crippen LogP contribution is 2.41. The Balaban J connectivity index is 1.47. The summed E-state index contributed by atoms with van der Waals surface area (Å²) in [4.78, 5) is 4.30. The molecular formula is C18H24FN3. The molecule has 1 aliphatic heterocycles. The van der Waals surface area contributed by atoms with Crippen molar-refractivity contribution in [2.45, 2.75) is 38.1 Å². The van der Waals surface area contributed by atoms with Gasteiger partial charge in [-0.2, -0.15) is 0 Å². The third-order valence-electron chi connectivity index (χ3n) is 4.42. The van der Waals surface area contributed by atoms with Crippen LogP contribution in [0.1, 0.15) is 43.7 Å². The SMILES string of the molecule is FCCCNCCCCCC1c2ccccc2-c2cncn21. The van der Waals surface area contributed by atoms with Gasteiger partial charge in [0, 0.05) is 5.56 Å². The standard InChI is InChI=1S/C18H24FN3/c19-10-6-12-20-11-5-1-2-9-17-15-7-3-4-8-16(15)18-13-21-14-22(17)18/h3-4,7-8,13-14,17,20H,1-2,5-6,9-12H2. The van der Waals surface area contributed by atoms with Crippen molar-refractivity contribution in [3.63, 3.8) is 0 Å². The molecule has 22 heavy (non-hydrogen) atoms. The maximum absolute atomic E-state index is 12.0. The van der Waals surface area contributed by atoms with E-state index >= 15 is 0 Å². The van der Waals surface area contributed by atoms with Crippen LogP contribution in [0, 0.1) is 0 Å². The van der Waals surface area contributed by atoms with Crippen LogP contribution in [-0.4, -0.2) is 29.3 Å². The van der Waals surface area contributed by atoms with E-state index in [0.717, 1.165) is 25.9 Å². The highest BCUT2D eigenvalue weighted by Gasteiger charge is 2.27. The van der Waals surface area contributed by atoms with Crippen molar-refractivity contribution in [1.82, 2.24) is 14.9 Å². The summed E-state index contributed by atoms with van der Waals surface area (Å²) in [6.07, 6.45) is 9.30. The maximum atomic E-state index is 12.0. The Morgan fingerprint density at radius 2 is 1.95 bits per heavy atom. The topological polar surface area (TPSA) is 29.9 Å². The number of unbranched alkanes of at least 4 members (excludes halogenated alkanes) is 2. The zero-order chi connectivity index (χ0) is 15.2. The molecule has 0 amide bonds. The lowest BCUT2D eigenvalue weighted by Crippen LogP contribution is -2.17.